The summed E-state index contributed by atoms with van der Waals surface area (Å²) in [5, 5.41) is 40.3. The molecule has 0 N–H and O–H groups in total. The van der Waals surface area contributed by atoms with Crippen LogP contribution in [0.2, 0.25) is 0 Å². The molecule has 2 aromatic carbocycles. The van der Waals surface area contributed by atoms with Crippen LogP contribution in [0.25, 0.3) is 11.4 Å². The van der Waals surface area contributed by atoms with Crippen molar-refractivity contribution in [1.29, 1.82) is 0 Å². The summed E-state index contributed by atoms with van der Waals surface area (Å²) in [4.78, 5) is 0. The maximum absolute atomic E-state index is 12.2. The highest BCUT2D eigenvalue weighted by molar-refractivity contribution is 9.10. The zero-order chi connectivity index (χ0) is 22.8. The minimum atomic E-state index is -0.665. The molecular formula is C20H14Br2N6O4. The Morgan fingerprint density at radius 2 is 1.06 bits per heavy atom. The van der Waals surface area contributed by atoms with E-state index in [-0.39, 0.29) is 22.8 Å². The second kappa shape index (κ2) is 9.01. The minimum absolute atomic E-state index is 0.109. The lowest BCUT2D eigenvalue weighted by molar-refractivity contribution is -0.671. The first kappa shape index (κ1) is 21.8. The van der Waals surface area contributed by atoms with Crippen molar-refractivity contribution in [1.82, 2.24) is 10.5 Å². The van der Waals surface area contributed by atoms with Gasteiger partial charge in [0.2, 0.25) is 11.4 Å². The van der Waals surface area contributed by atoms with Gasteiger partial charge in [-0.2, -0.15) is 0 Å². The number of aromatic nitrogens is 4. The molecule has 0 saturated heterocycles. The molecule has 0 amide bonds. The van der Waals surface area contributed by atoms with Gasteiger partial charge in [0.1, 0.15) is 11.4 Å². The Hall–Kier alpha value is -3.38. The van der Waals surface area contributed by atoms with Crippen LogP contribution in [0.5, 0.6) is 11.9 Å². The summed E-state index contributed by atoms with van der Waals surface area (Å²) in [6, 6.07) is 14.3. The number of halogens is 2. The highest BCUT2D eigenvalue weighted by atomic mass is 79.9. The largest absolute Gasteiger partial charge is 0.539 e. The van der Waals surface area contributed by atoms with E-state index in [0.717, 1.165) is 8.95 Å². The maximum atomic E-state index is 12.2. The molecule has 0 bridgehead atoms. The summed E-state index contributed by atoms with van der Waals surface area (Å²) in [5.41, 5.74) is 1.93. The summed E-state index contributed by atoms with van der Waals surface area (Å²) in [6.07, 6.45) is 0. The van der Waals surface area contributed by atoms with Crippen molar-refractivity contribution in [2.24, 2.45) is 10.2 Å². The second-order valence-corrected chi connectivity index (χ2v) is 8.40. The number of rotatable bonds is 5. The van der Waals surface area contributed by atoms with Crippen LogP contribution < -0.4 is 19.6 Å². The molecule has 0 aliphatic carbocycles. The van der Waals surface area contributed by atoms with Gasteiger partial charge in [0, 0.05) is 33.2 Å². The van der Waals surface area contributed by atoms with E-state index < -0.39 is 11.9 Å². The van der Waals surface area contributed by atoms with Crippen LogP contribution in [0, 0.1) is 0 Å². The van der Waals surface area contributed by atoms with E-state index in [1.54, 1.807) is 38.1 Å². The van der Waals surface area contributed by atoms with Crippen LogP contribution >= 0.6 is 31.9 Å². The van der Waals surface area contributed by atoms with Crippen molar-refractivity contribution in [3.05, 3.63) is 68.9 Å². The molecule has 4 rings (SSSR count). The van der Waals surface area contributed by atoms with Gasteiger partial charge in [0.15, 0.2) is 11.9 Å². The number of hydrogen-bond acceptors (Lipinski definition) is 8. The van der Waals surface area contributed by atoms with Crippen LogP contribution in [0.4, 0.5) is 0 Å². The first-order valence-electron chi connectivity index (χ1n) is 9.14. The third-order valence-corrected chi connectivity index (χ3v) is 5.46. The zero-order valence-corrected chi connectivity index (χ0v) is 19.9. The summed E-state index contributed by atoms with van der Waals surface area (Å²) >= 11 is 6.73. The summed E-state index contributed by atoms with van der Waals surface area (Å²) in [6.45, 7) is 3.18. The molecule has 0 unspecified atom stereocenters. The molecule has 12 heteroatoms. The van der Waals surface area contributed by atoms with Gasteiger partial charge in [-0.15, -0.1) is 10.2 Å². The number of benzene rings is 2. The highest BCUT2D eigenvalue weighted by Gasteiger charge is 2.25. The fraction of sp³-hybridized carbons (Fsp3) is 0.100. The van der Waals surface area contributed by atoms with E-state index in [9.17, 15) is 10.2 Å². The van der Waals surface area contributed by atoms with Crippen molar-refractivity contribution < 1.29 is 28.6 Å². The molecule has 0 aliphatic heterocycles. The van der Waals surface area contributed by atoms with E-state index in [1.807, 2.05) is 24.3 Å². The molecule has 32 heavy (non-hydrogen) atoms. The van der Waals surface area contributed by atoms with Gasteiger partial charge in [-0.1, -0.05) is 31.9 Å². The topological polar surface area (TPSA) is 131 Å². The van der Waals surface area contributed by atoms with Crippen molar-refractivity contribution >= 4 is 43.3 Å². The van der Waals surface area contributed by atoms with Crippen molar-refractivity contribution in [3.8, 4) is 23.3 Å². The zero-order valence-electron chi connectivity index (χ0n) is 16.7. The van der Waals surface area contributed by atoms with Crippen LogP contribution in [0.15, 0.2) is 76.7 Å². The molecular weight excluding hydrogens is 548 g/mol. The van der Waals surface area contributed by atoms with Crippen molar-refractivity contribution in [2.75, 3.05) is 0 Å². The SMILES string of the molecule is C/C(=N\N=C(/C)c1c([O-])on[n+]1-c1ccc(Br)cc1)c1c([O-])on[n+]1-c1ccc(Br)cc1. The van der Waals surface area contributed by atoms with E-state index in [2.05, 4.69) is 52.6 Å². The first-order chi connectivity index (χ1) is 15.3. The Morgan fingerprint density at radius 1 is 0.719 bits per heavy atom. The van der Waals surface area contributed by atoms with Crippen LogP contribution in [0.1, 0.15) is 25.2 Å². The Morgan fingerprint density at radius 3 is 1.41 bits per heavy atom. The van der Waals surface area contributed by atoms with Gasteiger partial charge in [-0.3, -0.25) is 0 Å². The highest BCUT2D eigenvalue weighted by Crippen LogP contribution is 2.16. The van der Waals surface area contributed by atoms with Crippen LogP contribution in [-0.4, -0.2) is 22.0 Å². The Balaban J connectivity index is 1.70. The lowest BCUT2D eigenvalue weighted by Crippen LogP contribution is -2.39. The second-order valence-electron chi connectivity index (χ2n) is 6.57. The van der Waals surface area contributed by atoms with Crippen molar-refractivity contribution in [3.63, 3.8) is 0 Å². The van der Waals surface area contributed by atoms with Gasteiger partial charge >= 0.3 is 0 Å². The molecule has 0 atom stereocenters. The number of hydrogen-bond donors (Lipinski definition) is 0. The van der Waals surface area contributed by atoms with E-state index in [1.165, 1.54) is 9.36 Å². The van der Waals surface area contributed by atoms with Gasteiger partial charge in [-0.25, -0.2) is 0 Å². The standard InChI is InChI=1S/C20H14Br2N6O4/c1-11(17-19(29)31-25-27(17)15-7-3-13(21)4-8-15)23-24-12(2)18-20(30)32-26-28(18)16-9-5-14(22)6-10-16/h3-10H,1-2H3. The Labute approximate surface area is 198 Å². The third-order valence-electron chi connectivity index (χ3n) is 4.40. The number of nitrogens with zero attached hydrogens (tertiary/aromatic N) is 6. The van der Waals surface area contributed by atoms with Crippen LogP contribution in [-0.2, 0) is 0 Å². The van der Waals surface area contributed by atoms with E-state index in [4.69, 9.17) is 9.05 Å². The molecule has 0 spiro atoms. The molecule has 162 valence electrons. The van der Waals surface area contributed by atoms with E-state index >= 15 is 0 Å². The third kappa shape index (κ3) is 4.32. The fourth-order valence-electron chi connectivity index (χ4n) is 2.86. The average Bonchev–Trinajstić information content (AvgIpc) is 3.35. The monoisotopic (exact) mass is 560 g/mol. The van der Waals surface area contributed by atoms with Gasteiger partial charge < -0.3 is 19.3 Å². The van der Waals surface area contributed by atoms with Gasteiger partial charge in [0.05, 0.1) is 10.5 Å². The quantitative estimate of drug-likeness (QED) is 0.208. The molecule has 4 aromatic rings. The fourth-order valence-corrected chi connectivity index (χ4v) is 3.39. The summed E-state index contributed by atoms with van der Waals surface area (Å²) < 4.78 is 14.1. The van der Waals surface area contributed by atoms with E-state index in [0.29, 0.717) is 11.4 Å². The Kier molecular flexibility index (Phi) is 6.15. The molecule has 10 nitrogen and oxygen atoms in total. The lowest BCUT2D eigenvalue weighted by Gasteiger charge is -1.98. The first-order valence-corrected chi connectivity index (χ1v) is 10.7. The van der Waals surface area contributed by atoms with Crippen molar-refractivity contribution in [2.45, 2.75) is 13.8 Å². The molecule has 0 saturated carbocycles. The maximum Gasteiger partial charge on any atom is 0.286 e. The molecule has 2 heterocycles. The predicted octanol–water partition coefficient (Wildman–Crippen LogP) is 2.12. The molecule has 0 aliphatic rings. The lowest BCUT2D eigenvalue weighted by atomic mass is 10.2. The van der Waals surface area contributed by atoms with Gasteiger partial charge in [0.25, 0.3) is 11.4 Å². The van der Waals surface area contributed by atoms with Gasteiger partial charge in [-0.05, 0) is 47.5 Å². The molecule has 2 aromatic heterocycles. The summed E-state index contributed by atoms with van der Waals surface area (Å²) in [5.74, 6) is -1.33. The average molecular weight is 562 g/mol. The predicted molar refractivity (Wildman–Crippen MR) is 115 cm³/mol. The summed E-state index contributed by atoms with van der Waals surface area (Å²) in [7, 11) is 0. The normalized spacial score (nSPS) is 12.4. The Bertz CT molecular complexity index is 1220. The molecule has 0 radical (unpaired) electrons. The molecule has 0 fully saturated rings. The minimum Gasteiger partial charge on any atom is -0.539 e. The smallest absolute Gasteiger partial charge is 0.286 e. The van der Waals surface area contributed by atoms with Crippen LogP contribution in [0.3, 0.4) is 0 Å².